The minimum atomic E-state index is -0.0343. The Morgan fingerprint density at radius 3 is 2.62 bits per heavy atom. The zero-order chi connectivity index (χ0) is 9.84. The summed E-state index contributed by atoms with van der Waals surface area (Å²) >= 11 is 4.13. The number of phenolic OH excluding ortho intramolecular Hbond substituents is 1. The molecule has 3 heteroatoms. The Kier molecular flexibility index (Phi) is 3.63. The van der Waals surface area contributed by atoms with Crippen molar-refractivity contribution in [2.45, 2.75) is 20.0 Å². The van der Waals surface area contributed by atoms with Crippen LogP contribution in [0.25, 0.3) is 0 Å². The van der Waals surface area contributed by atoms with Crippen LogP contribution in [0, 0.1) is 6.92 Å². The first-order valence-corrected chi connectivity index (χ1v) is 4.85. The van der Waals surface area contributed by atoms with Gasteiger partial charge in [-0.3, -0.25) is 0 Å². The lowest BCUT2D eigenvalue weighted by Gasteiger charge is -2.08. The molecule has 0 aromatic heterocycles. The molecule has 1 aromatic rings. The molecule has 0 fully saturated rings. The normalized spacial score (nSPS) is 10.4. The number of thiol groups is 1. The summed E-state index contributed by atoms with van der Waals surface area (Å²) in [6.45, 7) is 1.84. The molecule has 0 atom stereocenters. The summed E-state index contributed by atoms with van der Waals surface area (Å²) in [5.74, 6) is 0.998. The maximum absolute atomic E-state index is 9.50. The highest BCUT2D eigenvalue weighted by atomic mass is 32.1. The highest BCUT2D eigenvalue weighted by molar-refractivity contribution is 7.80. The van der Waals surface area contributed by atoms with Gasteiger partial charge >= 0.3 is 0 Å². The molecule has 2 N–H and O–H groups in total. The lowest BCUT2D eigenvalue weighted by molar-refractivity contribution is 0.281. The fourth-order valence-corrected chi connectivity index (χ4v) is 1.53. The van der Waals surface area contributed by atoms with Crippen LogP contribution in [0.1, 0.15) is 16.7 Å². The molecule has 1 rings (SSSR count). The van der Waals surface area contributed by atoms with E-state index >= 15 is 0 Å². The van der Waals surface area contributed by atoms with Gasteiger partial charge in [-0.15, -0.1) is 0 Å². The zero-order valence-corrected chi connectivity index (χ0v) is 8.51. The number of benzene rings is 1. The van der Waals surface area contributed by atoms with Crippen molar-refractivity contribution >= 4 is 12.6 Å². The van der Waals surface area contributed by atoms with Crippen molar-refractivity contribution in [3.63, 3.8) is 0 Å². The number of aryl methyl sites for hydroxylation is 1. The third kappa shape index (κ3) is 2.39. The van der Waals surface area contributed by atoms with Gasteiger partial charge in [0.05, 0.1) is 6.61 Å². The first kappa shape index (κ1) is 10.4. The van der Waals surface area contributed by atoms with E-state index in [4.69, 9.17) is 5.11 Å². The highest BCUT2D eigenvalue weighted by Crippen LogP contribution is 2.23. The molecule has 0 radical (unpaired) electrons. The van der Waals surface area contributed by atoms with E-state index in [9.17, 15) is 5.11 Å². The fourth-order valence-electron chi connectivity index (χ4n) is 1.29. The third-order valence-corrected chi connectivity index (χ3v) is 2.33. The number of phenols is 1. The molecule has 0 aliphatic heterocycles. The Labute approximate surface area is 83.6 Å². The minimum Gasteiger partial charge on any atom is -0.508 e. The molecule has 0 aliphatic carbocycles. The van der Waals surface area contributed by atoms with E-state index in [1.807, 2.05) is 13.0 Å². The molecule has 0 heterocycles. The third-order valence-electron chi connectivity index (χ3n) is 2.11. The van der Waals surface area contributed by atoms with Gasteiger partial charge in [0.1, 0.15) is 5.75 Å². The zero-order valence-electron chi connectivity index (χ0n) is 7.62. The lowest BCUT2D eigenvalue weighted by Crippen LogP contribution is -1.94. The lowest BCUT2D eigenvalue weighted by atomic mass is 10.0. The molecule has 0 saturated carbocycles. The molecule has 0 spiro atoms. The van der Waals surface area contributed by atoms with Gasteiger partial charge < -0.3 is 10.2 Å². The Morgan fingerprint density at radius 2 is 2.08 bits per heavy atom. The van der Waals surface area contributed by atoms with Crippen LogP contribution in [0.2, 0.25) is 0 Å². The van der Waals surface area contributed by atoms with Gasteiger partial charge in [-0.05, 0) is 41.9 Å². The summed E-state index contributed by atoms with van der Waals surface area (Å²) < 4.78 is 0. The predicted molar refractivity (Wildman–Crippen MR) is 56.3 cm³/mol. The molecule has 0 bridgehead atoms. The maximum Gasteiger partial charge on any atom is 0.119 e. The van der Waals surface area contributed by atoms with Crippen molar-refractivity contribution in [2.24, 2.45) is 0 Å². The molecular formula is C10H14O2S. The van der Waals surface area contributed by atoms with E-state index < -0.39 is 0 Å². The van der Waals surface area contributed by atoms with Gasteiger partial charge in [-0.2, -0.15) is 12.6 Å². The largest absolute Gasteiger partial charge is 0.508 e. The predicted octanol–water partition coefficient (Wildman–Crippen LogP) is 1.67. The molecule has 13 heavy (non-hydrogen) atoms. The van der Waals surface area contributed by atoms with Crippen molar-refractivity contribution in [3.8, 4) is 5.75 Å². The second-order valence-electron chi connectivity index (χ2n) is 3.03. The number of rotatable bonds is 3. The van der Waals surface area contributed by atoms with Crippen molar-refractivity contribution in [1.82, 2.24) is 0 Å². The van der Waals surface area contributed by atoms with Crippen LogP contribution in [-0.2, 0) is 13.0 Å². The molecule has 1 aromatic carbocycles. The van der Waals surface area contributed by atoms with Crippen molar-refractivity contribution in [3.05, 3.63) is 28.8 Å². The summed E-state index contributed by atoms with van der Waals surface area (Å²) in [6, 6.07) is 3.50. The van der Waals surface area contributed by atoms with E-state index in [2.05, 4.69) is 12.6 Å². The second-order valence-corrected chi connectivity index (χ2v) is 3.48. The van der Waals surface area contributed by atoms with Gasteiger partial charge in [0.15, 0.2) is 0 Å². The van der Waals surface area contributed by atoms with Crippen LogP contribution in [0.5, 0.6) is 5.75 Å². The van der Waals surface area contributed by atoms with E-state index in [-0.39, 0.29) is 12.4 Å². The Bertz CT molecular complexity index is 297. The number of aliphatic hydroxyl groups excluding tert-OH is 1. The van der Waals surface area contributed by atoms with Gasteiger partial charge in [-0.25, -0.2) is 0 Å². The summed E-state index contributed by atoms with van der Waals surface area (Å²) in [5.41, 5.74) is 2.69. The monoisotopic (exact) mass is 198 g/mol. The second kappa shape index (κ2) is 4.53. The van der Waals surface area contributed by atoms with Crippen LogP contribution in [0.4, 0.5) is 0 Å². The van der Waals surface area contributed by atoms with Crippen LogP contribution in [-0.4, -0.2) is 16.0 Å². The molecule has 0 amide bonds. The molecule has 0 saturated heterocycles. The fraction of sp³-hybridized carbons (Fsp3) is 0.400. The summed E-state index contributed by atoms with van der Waals surface area (Å²) in [5, 5.41) is 18.4. The van der Waals surface area contributed by atoms with Gasteiger partial charge in [0, 0.05) is 0 Å². The molecule has 72 valence electrons. The first-order chi connectivity index (χ1) is 6.19. The summed E-state index contributed by atoms with van der Waals surface area (Å²) in [7, 11) is 0. The van der Waals surface area contributed by atoms with Crippen LogP contribution in [0.3, 0.4) is 0 Å². The number of hydrogen-bond donors (Lipinski definition) is 3. The standard InChI is InChI=1S/C10H14O2S/c1-7-9(2-3-13)4-8(6-11)5-10(7)12/h4-5,11-13H,2-3,6H2,1H3. The molecule has 0 aliphatic rings. The molecular weight excluding hydrogens is 184 g/mol. The van der Waals surface area contributed by atoms with Crippen LogP contribution >= 0.6 is 12.6 Å². The Morgan fingerprint density at radius 1 is 1.38 bits per heavy atom. The number of aromatic hydroxyl groups is 1. The van der Waals surface area contributed by atoms with E-state index in [0.29, 0.717) is 0 Å². The van der Waals surface area contributed by atoms with E-state index in [0.717, 1.165) is 28.9 Å². The first-order valence-electron chi connectivity index (χ1n) is 4.22. The van der Waals surface area contributed by atoms with Gasteiger partial charge in [0.25, 0.3) is 0 Å². The number of hydrogen-bond acceptors (Lipinski definition) is 3. The maximum atomic E-state index is 9.50. The van der Waals surface area contributed by atoms with Crippen LogP contribution < -0.4 is 0 Å². The Balaban J connectivity index is 3.09. The van der Waals surface area contributed by atoms with Crippen molar-refractivity contribution in [1.29, 1.82) is 0 Å². The van der Waals surface area contributed by atoms with E-state index in [1.54, 1.807) is 6.07 Å². The SMILES string of the molecule is Cc1c(O)cc(CO)cc1CCS. The topological polar surface area (TPSA) is 40.5 Å². The average Bonchev–Trinajstić information content (AvgIpc) is 2.13. The van der Waals surface area contributed by atoms with Crippen molar-refractivity contribution < 1.29 is 10.2 Å². The highest BCUT2D eigenvalue weighted by Gasteiger charge is 2.04. The minimum absolute atomic E-state index is 0.0343. The summed E-state index contributed by atoms with van der Waals surface area (Å²) in [4.78, 5) is 0. The van der Waals surface area contributed by atoms with Crippen molar-refractivity contribution in [2.75, 3.05) is 5.75 Å². The quantitative estimate of drug-likeness (QED) is 0.647. The number of aliphatic hydroxyl groups is 1. The molecule has 0 unspecified atom stereocenters. The van der Waals surface area contributed by atoms with E-state index in [1.165, 1.54) is 0 Å². The van der Waals surface area contributed by atoms with Crippen LogP contribution in [0.15, 0.2) is 12.1 Å². The molecule has 2 nitrogen and oxygen atoms in total. The van der Waals surface area contributed by atoms with Gasteiger partial charge in [0.2, 0.25) is 0 Å². The Hall–Kier alpha value is -0.670. The average molecular weight is 198 g/mol. The smallest absolute Gasteiger partial charge is 0.119 e. The summed E-state index contributed by atoms with van der Waals surface area (Å²) in [6.07, 6.45) is 0.816. The van der Waals surface area contributed by atoms with Gasteiger partial charge in [-0.1, -0.05) is 6.07 Å².